The number of para-hydroxylation sites is 1. The van der Waals surface area contributed by atoms with E-state index in [0.29, 0.717) is 5.96 Å². The van der Waals surface area contributed by atoms with Crippen molar-refractivity contribution in [3.8, 4) is 6.19 Å². The summed E-state index contributed by atoms with van der Waals surface area (Å²) < 4.78 is 0. The standard InChI is InChI=1S/C10H12N4/c1-8-5-3-4-6-9(8)14-10(12-2)13-7-11/h3-6H,1-2H3,(H2,12,13,14). The zero-order chi connectivity index (χ0) is 10.4. The highest BCUT2D eigenvalue weighted by atomic mass is 15.2. The molecule has 4 nitrogen and oxygen atoms in total. The fraction of sp³-hybridized carbons (Fsp3) is 0.200. The van der Waals surface area contributed by atoms with Crippen molar-refractivity contribution in [1.29, 1.82) is 5.26 Å². The van der Waals surface area contributed by atoms with Gasteiger partial charge in [-0.1, -0.05) is 18.2 Å². The Morgan fingerprint density at radius 1 is 1.43 bits per heavy atom. The Labute approximate surface area is 83.3 Å². The topological polar surface area (TPSA) is 60.2 Å². The van der Waals surface area contributed by atoms with Gasteiger partial charge in [0.2, 0.25) is 5.96 Å². The molecule has 0 aliphatic rings. The van der Waals surface area contributed by atoms with Crippen LogP contribution < -0.4 is 10.6 Å². The first-order chi connectivity index (χ1) is 6.77. The lowest BCUT2D eigenvalue weighted by Gasteiger charge is -2.08. The lowest BCUT2D eigenvalue weighted by Crippen LogP contribution is -2.26. The molecule has 0 aliphatic carbocycles. The number of guanidine groups is 1. The van der Waals surface area contributed by atoms with Crippen molar-refractivity contribution in [1.82, 2.24) is 5.32 Å². The summed E-state index contributed by atoms with van der Waals surface area (Å²) in [7, 11) is 1.62. The molecule has 0 aromatic heterocycles. The summed E-state index contributed by atoms with van der Waals surface area (Å²) >= 11 is 0. The summed E-state index contributed by atoms with van der Waals surface area (Å²) in [6.07, 6.45) is 1.82. The van der Waals surface area contributed by atoms with E-state index in [1.807, 2.05) is 37.4 Å². The first kappa shape index (κ1) is 10.1. The van der Waals surface area contributed by atoms with Crippen LogP contribution in [0, 0.1) is 18.4 Å². The van der Waals surface area contributed by atoms with Crippen LogP contribution in [0.15, 0.2) is 29.3 Å². The van der Waals surface area contributed by atoms with E-state index in [1.165, 1.54) is 0 Å². The Balaban J connectivity index is 2.79. The predicted octanol–water partition coefficient (Wildman–Crippen LogP) is 1.46. The van der Waals surface area contributed by atoms with Gasteiger partial charge in [-0.3, -0.25) is 10.3 Å². The van der Waals surface area contributed by atoms with Crippen LogP contribution in [0.3, 0.4) is 0 Å². The number of hydrogen-bond acceptors (Lipinski definition) is 2. The molecule has 2 N–H and O–H groups in total. The Morgan fingerprint density at radius 2 is 2.14 bits per heavy atom. The molecule has 0 radical (unpaired) electrons. The molecule has 0 saturated carbocycles. The van der Waals surface area contributed by atoms with E-state index in [1.54, 1.807) is 7.05 Å². The highest BCUT2D eigenvalue weighted by Gasteiger charge is 1.99. The second-order valence-electron chi connectivity index (χ2n) is 2.75. The third-order valence-electron chi connectivity index (χ3n) is 1.80. The Hall–Kier alpha value is -2.02. The number of rotatable bonds is 1. The van der Waals surface area contributed by atoms with Gasteiger partial charge in [0.05, 0.1) is 0 Å². The van der Waals surface area contributed by atoms with Crippen LogP contribution in [0.1, 0.15) is 5.56 Å². The van der Waals surface area contributed by atoms with E-state index < -0.39 is 0 Å². The molecule has 14 heavy (non-hydrogen) atoms. The molecule has 0 aliphatic heterocycles. The maximum absolute atomic E-state index is 8.43. The van der Waals surface area contributed by atoms with E-state index in [0.717, 1.165) is 11.3 Å². The van der Waals surface area contributed by atoms with Crippen molar-refractivity contribution in [3.05, 3.63) is 29.8 Å². The molecule has 1 aromatic rings. The molecular formula is C10H12N4. The molecule has 0 heterocycles. The van der Waals surface area contributed by atoms with Gasteiger partial charge in [0.15, 0.2) is 6.19 Å². The van der Waals surface area contributed by atoms with E-state index in [2.05, 4.69) is 15.6 Å². The predicted molar refractivity (Wildman–Crippen MR) is 56.9 cm³/mol. The first-order valence-corrected chi connectivity index (χ1v) is 4.22. The zero-order valence-electron chi connectivity index (χ0n) is 8.20. The summed E-state index contributed by atoms with van der Waals surface area (Å²) in [5, 5.41) is 13.9. The molecule has 0 unspecified atom stereocenters. The summed E-state index contributed by atoms with van der Waals surface area (Å²) in [5.74, 6) is 0.446. The molecule has 0 spiro atoms. The number of benzene rings is 1. The second-order valence-corrected chi connectivity index (χ2v) is 2.75. The smallest absolute Gasteiger partial charge is 0.208 e. The van der Waals surface area contributed by atoms with Crippen molar-refractivity contribution < 1.29 is 0 Å². The fourth-order valence-corrected chi connectivity index (χ4v) is 1.04. The molecule has 0 fully saturated rings. The van der Waals surface area contributed by atoms with Crippen LogP contribution >= 0.6 is 0 Å². The SMILES string of the molecule is CN=C(NC#N)Nc1ccccc1C. The van der Waals surface area contributed by atoms with E-state index in [9.17, 15) is 0 Å². The number of aliphatic imine (C=N–C) groups is 1. The number of nitrogens with one attached hydrogen (secondary N) is 2. The molecule has 0 atom stereocenters. The summed E-state index contributed by atoms with van der Waals surface area (Å²) in [6, 6.07) is 7.80. The van der Waals surface area contributed by atoms with Gasteiger partial charge >= 0.3 is 0 Å². The third kappa shape index (κ3) is 2.49. The normalized spacial score (nSPS) is 10.5. The van der Waals surface area contributed by atoms with Gasteiger partial charge < -0.3 is 5.32 Å². The van der Waals surface area contributed by atoms with E-state index in [-0.39, 0.29) is 0 Å². The van der Waals surface area contributed by atoms with Crippen molar-refractivity contribution >= 4 is 11.6 Å². The largest absolute Gasteiger partial charge is 0.325 e. The van der Waals surface area contributed by atoms with Gasteiger partial charge in [0.1, 0.15) is 0 Å². The molecule has 72 valence electrons. The molecular weight excluding hydrogens is 176 g/mol. The summed E-state index contributed by atoms with van der Waals surface area (Å²) in [5.41, 5.74) is 2.05. The number of nitriles is 1. The van der Waals surface area contributed by atoms with Gasteiger partial charge in [0, 0.05) is 12.7 Å². The van der Waals surface area contributed by atoms with Crippen LogP contribution in [0.25, 0.3) is 0 Å². The van der Waals surface area contributed by atoms with Gasteiger partial charge in [-0.05, 0) is 18.6 Å². The van der Waals surface area contributed by atoms with Gasteiger partial charge in [-0.2, -0.15) is 5.26 Å². The Kier molecular flexibility index (Phi) is 3.50. The van der Waals surface area contributed by atoms with Gasteiger partial charge in [-0.15, -0.1) is 0 Å². The second kappa shape index (κ2) is 4.87. The number of hydrogen-bond donors (Lipinski definition) is 2. The quantitative estimate of drug-likeness (QED) is 0.303. The van der Waals surface area contributed by atoms with Crippen molar-refractivity contribution in [2.24, 2.45) is 4.99 Å². The van der Waals surface area contributed by atoms with E-state index >= 15 is 0 Å². The van der Waals surface area contributed by atoms with Crippen LogP contribution in [0.2, 0.25) is 0 Å². The fourth-order valence-electron chi connectivity index (χ4n) is 1.04. The number of aryl methyl sites for hydroxylation is 1. The number of anilines is 1. The summed E-state index contributed by atoms with van der Waals surface area (Å²) in [4.78, 5) is 3.89. The summed E-state index contributed by atoms with van der Waals surface area (Å²) in [6.45, 7) is 1.99. The maximum Gasteiger partial charge on any atom is 0.208 e. The minimum atomic E-state index is 0.446. The van der Waals surface area contributed by atoms with Crippen molar-refractivity contribution in [2.45, 2.75) is 6.92 Å². The molecule has 4 heteroatoms. The molecule has 0 amide bonds. The average Bonchev–Trinajstić information content (AvgIpc) is 2.20. The monoisotopic (exact) mass is 188 g/mol. The average molecular weight is 188 g/mol. The lowest BCUT2D eigenvalue weighted by atomic mass is 10.2. The molecule has 1 aromatic carbocycles. The van der Waals surface area contributed by atoms with Crippen molar-refractivity contribution in [3.63, 3.8) is 0 Å². The zero-order valence-corrected chi connectivity index (χ0v) is 8.20. The maximum atomic E-state index is 8.43. The third-order valence-corrected chi connectivity index (χ3v) is 1.80. The van der Waals surface area contributed by atoms with Gasteiger partial charge in [-0.25, -0.2) is 0 Å². The van der Waals surface area contributed by atoms with Crippen LogP contribution in [0.4, 0.5) is 5.69 Å². The minimum Gasteiger partial charge on any atom is -0.325 e. The van der Waals surface area contributed by atoms with Crippen molar-refractivity contribution in [2.75, 3.05) is 12.4 Å². The Bertz CT molecular complexity index is 376. The minimum absolute atomic E-state index is 0.446. The van der Waals surface area contributed by atoms with Crippen LogP contribution in [-0.4, -0.2) is 13.0 Å². The molecule has 0 bridgehead atoms. The molecule has 0 saturated heterocycles. The highest BCUT2D eigenvalue weighted by Crippen LogP contribution is 2.12. The lowest BCUT2D eigenvalue weighted by molar-refractivity contribution is 1.21. The Morgan fingerprint density at radius 3 is 2.71 bits per heavy atom. The van der Waals surface area contributed by atoms with Gasteiger partial charge in [0.25, 0.3) is 0 Å². The highest BCUT2D eigenvalue weighted by molar-refractivity contribution is 5.95. The van der Waals surface area contributed by atoms with Crippen LogP contribution in [-0.2, 0) is 0 Å². The van der Waals surface area contributed by atoms with Crippen LogP contribution in [0.5, 0.6) is 0 Å². The number of nitrogens with zero attached hydrogens (tertiary/aromatic N) is 2. The molecule has 1 rings (SSSR count). The first-order valence-electron chi connectivity index (χ1n) is 4.22. The van der Waals surface area contributed by atoms with E-state index in [4.69, 9.17) is 5.26 Å².